The lowest BCUT2D eigenvalue weighted by molar-refractivity contribution is 0.103. The highest BCUT2D eigenvalue weighted by Crippen LogP contribution is 2.18. The molecule has 0 saturated carbocycles. The maximum absolute atomic E-state index is 13.4. The molecule has 1 N–H and O–H groups in total. The minimum absolute atomic E-state index is 0.0180. The fourth-order valence-corrected chi connectivity index (χ4v) is 1.47. The molecule has 0 radical (unpaired) electrons. The van der Waals surface area contributed by atoms with E-state index < -0.39 is 23.0 Å². The first kappa shape index (κ1) is 11.3. The van der Waals surface area contributed by atoms with Crippen molar-refractivity contribution in [3.8, 4) is 5.75 Å². The summed E-state index contributed by atoms with van der Waals surface area (Å²) < 4.78 is 26.7. The molecule has 0 aliphatic heterocycles. The van der Waals surface area contributed by atoms with Gasteiger partial charge in [0.25, 0.3) is 0 Å². The third-order valence-corrected chi connectivity index (χ3v) is 2.32. The molecule has 2 nitrogen and oxygen atoms in total. The molecule has 86 valence electrons. The maximum atomic E-state index is 13.4. The van der Waals surface area contributed by atoms with Crippen LogP contribution in [0.2, 0.25) is 0 Å². The van der Waals surface area contributed by atoms with E-state index >= 15 is 0 Å². The largest absolute Gasteiger partial charge is 0.508 e. The zero-order valence-corrected chi connectivity index (χ0v) is 8.65. The quantitative estimate of drug-likeness (QED) is 0.811. The highest BCUT2D eigenvalue weighted by atomic mass is 19.1. The summed E-state index contributed by atoms with van der Waals surface area (Å²) in [5.41, 5.74) is -0.468. The molecule has 0 aromatic heterocycles. The minimum atomic E-state index is -0.900. The summed E-state index contributed by atoms with van der Waals surface area (Å²) in [6.45, 7) is 0. The summed E-state index contributed by atoms with van der Waals surface area (Å²) in [5, 5.41) is 9.06. The number of hydrogen-bond donors (Lipinski definition) is 1. The second-order valence-electron chi connectivity index (χ2n) is 3.47. The molecular weight excluding hydrogens is 226 g/mol. The Morgan fingerprint density at radius 3 is 2.00 bits per heavy atom. The lowest BCUT2D eigenvalue weighted by atomic mass is 10.0. The van der Waals surface area contributed by atoms with Gasteiger partial charge in [-0.15, -0.1) is 0 Å². The molecular formula is C13H8F2O2. The van der Waals surface area contributed by atoms with Crippen LogP contribution in [0.15, 0.2) is 42.5 Å². The van der Waals surface area contributed by atoms with Gasteiger partial charge in [0, 0.05) is 5.56 Å². The van der Waals surface area contributed by atoms with Crippen LogP contribution in [0.25, 0.3) is 0 Å². The van der Waals surface area contributed by atoms with E-state index in [1.807, 2.05) is 0 Å². The van der Waals surface area contributed by atoms with Gasteiger partial charge in [-0.3, -0.25) is 4.79 Å². The Labute approximate surface area is 96.1 Å². The lowest BCUT2D eigenvalue weighted by Gasteiger charge is -2.04. The van der Waals surface area contributed by atoms with Crippen LogP contribution in [0.4, 0.5) is 8.78 Å². The van der Waals surface area contributed by atoms with E-state index in [9.17, 15) is 13.6 Å². The first-order chi connectivity index (χ1) is 8.09. The van der Waals surface area contributed by atoms with E-state index in [1.54, 1.807) is 0 Å². The number of carbonyl (C=O) groups is 1. The molecule has 4 heteroatoms. The van der Waals surface area contributed by atoms with Crippen LogP contribution in [-0.4, -0.2) is 10.9 Å². The number of carbonyl (C=O) groups excluding carboxylic acids is 1. The zero-order valence-electron chi connectivity index (χ0n) is 8.65. The van der Waals surface area contributed by atoms with Crippen LogP contribution < -0.4 is 0 Å². The summed E-state index contributed by atoms with van der Waals surface area (Å²) in [7, 11) is 0. The van der Waals surface area contributed by atoms with Crippen LogP contribution >= 0.6 is 0 Å². The minimum Gasteiger partial charge on any atom is -0.508 e. The number of phenolic OH excluding ortho intramolecular Hbond substituents is 1. The molecule has 2 aromatic rings. The first-order valence-electron chi connectivity index (χ1n) is 4.87. The van der Waals surface area contributed by atoms with Gasteiger partial charge < -0.3 is 5.11 Å². The second kappa shape index (κ2) is 4.33. The van der Waals surface area contributed by atoms with Gasteiger partial charge in [0.15, 0.2) is 5.78 Å². The van der Waals surface area contributed by atoms with Crippen LogP contribution in [-0.2, 0) is 0 Å². The number of benzene rings is 2. The smallest absolute Gasteiger partial charge is 0.198 e. The summed E-state index contributed by atoms with van der Waals surface area (Å²) in [6.07, 6.45) is 0. The zero-order chi connectivity index (χ0) is 12.4. The van der Waals surface area contributed by atoms with E-state index in [0.29, 0.717) is 0 Å². The average molecular weight is 234 g/mol. The Kier molecular flexibility index (Phi) is 2.87. The third-order valence-electron chi connectivity index (χ3n) is 2.32. The number of halogens is 2. The van der Waals surface area contributed by atoms with Gasteiger partial charge in [-0.05, 0) is 36.4 Å². The molecule has 0 spiro atoms. The topological polar surface area (TPSA) is 37.3 Å². The number of ketones is 1. The molecule has 0 fully saturated rings. The number of hydrogen-bond acceptors (Lipinski definition) is 2. The summed E-state index contributed by atoms with van der Waals surface area (Å²) in [4.78, 5) is 11.8. The lowest BCUT2D eigenvalue weighted by Crippen LogP contribution is -2.07. The molecule has 17 heavy (non-hydrogen) atoms. The Morgan fingerprint density at radius 2 is 1.47 bits per heavy atom. The van der Waals surface area contributed by atoms with Gasteiger partial charge in [-0.2, -0.15) is 0 Å². The Bertz CT molecular complexity index is 542. The van der Waals surface area contributed by atoms with Gasteiger partial charge in [-0.1, -0.05) is 6.07 Å². The molecule has 0 unspecified atom stereocenters. The van der Waals surface area contributed by atoms with Crippen molar-refractivity contribution in [3.05, 3.63) is 65.2 Å². The monoisotopic (exact) mass is 234 g/mol. The summed E-state index contributed by atoms with van der Waals surface area (Å²) >= 11 is 0. The van der Waals surface area contributed by atoms with Crippen molar-refractivity contribution in [1.82, 2.24) is 0 Å². The van der Waals surface area contributed by atoms with Crippen molar-refractivity contribution >= 4 is 5.78 Å². The second-order valence-corrected chi connectivity index (χ2v) is 3.47. The molecule has 0 amide bonds. The third kappa shape index (κ3) is 2.15. The first-order valence-corrected chi connectivity index (χ1v) is 4.87. The van der Waals surface area contributed by atoms with E-state index in [0.717, 1.165) is 12.1 Å². The fraction of sp³-hybridized carbons (Fsp3) is 0. The van der Waals surface area contributed by atoms with Crippen LogP contribution in [0.5, 0.6) is 5.75 Å². The van der Waals surface area contributed by atoms with Gasteiger partial charge in [0.2, 0.25) is 0 Å². The van der Waals surface area contributed by atoms with E-state index in [2.05, 4.69) is 0 Å². The van der Waals surface area contributed by atoms with Crippen molar-refractivity contribution in [3.63, 3.8) is 0 Å². The normalized spacial score (nSPS) is 10.2. The molecule has 0 bridgehead atoms. The SMILES string of the molecule is O=C(c1ccc(O)cc1)c1c(F)cccc1F. The molecule has 2 rings (SSSR count). The van der Waals surface area contributed by atoms with Crippen molar-refractivity contribution in [2.75, 3.05) is 0 Å². The Hall–Kier alpha value is -2.23. The predicted octanol–water partition coefficient (Wildman–Crippen LogP) is 2.90. The summed E-state index contributed by atoms with van der Waals surface area (Å²) in [5.74, 6) is -2.57. The Balaban J connectivity index is 2.47. The van der Waals surface area contributed by atoms with E-state index in [1.165, 1.54) is 30.3 Å². The van der Waals surface area contributed by atoms with Crippen molar-refractivity contribution in [1.29, 1.82) is 0 Å². The van der Waals surface area contributed by atoms with Gasteiger partial charge in [0.05, 0.1) is 5.56 Å². The highest BCUT2D eigenvalue weighted by Gasteiger charge is 2.18. The fourth-order valence-electron chi connectivity index (χ4n) is 1.47. The molecule has 0 heterocycles. The molecule has 0 atom stereocenters. The molecule has 0 saturated heterocycles. The predicted molar refractivity (Wildman–Crippen MR) is 57.9 cm³/mol. The van der Waals surface area contributed by atoms with E-state index in [-0.39, 0.29) is 11.3 Å². The highest BCUT2D eigenvalue weighted by molar-refractivity contribution is 6.09. The van der Waals surface area contributed by atoms with Crippen molar-refractivity contribution < 1.29 is 18.7 Å². The van der Waals surface area contributed by atoms with Gasteiger partial charge in [0.1, 0.15) is 17.4 Å². The van der Waals surface area contributed by atoms with Gasteiger partial charge >= 0.3 is 0 Å². The average Bonchev–Trinajstić information content (AvgIpc) is 2.29. The molecule has 0 aliphatic carbocycles. The van der Waals surface area contributed by atoms with E-state index in [4.69, 9.17) is 5.11 Å². The van der Waals surface area contributed by atoms with Crippen LogP contribution in [0.3, 0.4) is 0 Å². The Morgan fingerprint density at radius 1 is 0.941 bits per heavy atom. The number of phenols is 1. The number of rotatable bonds is 2. The van der Waals surface area contributed by atoms with Crippen LogP contribution in [0, 0.1) is 11.6 Å². The maximum Gasteiger partial charge on any atom is 0.198 e. The molecule has 0 aliphatic rings. The summed E-state index contributed by atoms with van der Waals surface area (Å²) in [6, 6.07) is 8.43. The van der Waals surface area contributed by atoms with Crippen molar-refractivity contribution in [2.24, 2.45) is 0 Å². The number of aromatic hydroxyl groups is 1. The van der Waals surface area contributed by atoms with Crippen molar-refractivity contribution in [2.45, 2.75) is 0 Å². The van der Waals surface area contributed by atoms with Crippen LogP contribution in [0.1, 0.15) is 15.9 Å². The van der Waals surface area contributed by atoms with Gasteiger partial charge in [-0.25, -0.2) is 8.78 Å². The molecule has 2 aromatic carbocycles. The standard InChI is InChI=1S/C13H8F2O2/c14-10-2-1-3-11(15)12(10)13(17)8-4-6-9(16)7-5-8/h1-7,16H.